The number of rotatable bonds is 9. The highest BCUT2D eigenvalue weighted by Gasteiger charge is 2.34. The van der Waals surface area contributed by atoms with Crippen LogP contribution in [0.5, 0.6) is 0 Å². The molecule has 5 heteroatoms. The Hall–Kier alpha value is 0.0569. The molecule has 0 aliphatic rings. The smallest absolute Gasteiger partial charge is 0.337 e. The van der Waals surface area contributed by atoms with Crippen LogP contribution in [0.2, 0.25) is 12.1 Å². The molecule has 0 radical (unpaired) electrons. The van der Waals surface area contributed by atoms with E-state index in [1.54, 1.807) is 0 Å². The lowest BCUT2D eigenvalue weighted by atomic mass is 10.2. The van der Waals surface area contributed by atoms with Crippen molar-refractivity contribution in [1.29, 1.82) is 0 Å². The number of hydrogen-bond acceptors (Lipinski definition) is 4. The van der Waals surface area contributed by atoms with Crippen molar-refractivity contribution >= 4 is 8.56 Å². The van der Waals surface area contributed by atoms with Crippen molar-refractivity contribution in [2.75, 3.05) is 19.8 Å². The van der Waals surface area contributed by atoms with Gasteiger partial charge in [0.25, 0.3) is 0 Å². The van der Waals surface area contributed by atoms with E-state index in [9.17, 15) is 0 Å². The van der Waals surface area contributed by atoms with Crippen molar-refractivity contribution in [2.45, 2.75) is 45.3 Å². The van der Waals surface area contributed by atoms with E-state index in [-0.39, 0.29) is 6.04 Å². The van der Waals surface area contributed by atoms with Gasteiger partial charge >= 0.3 is 8.56 Å². The van der Waals surface area contributed by atoms with Crippen LogP contribution in [0.4, 0.5) is 0 Å². The van der Waals surface area contributed by atoms with Crippen LogP contribution in [0.3, 0.4) is 0 Å². The minimum absolute atomic E-state index is 0.0735. The predicted octanol–water partition coefficient (Wildman–Crippen LogP) is 1.20. The molecule has 0 aromatic rings. The summed E-state index contributed by atoms with van der Waals surface area (Å²) in [6.07, 6.45) is 0.899. The summed E-state index contributed by atoms with van der Waals surface area (Å²) in [5, 5.41) is 0. The van der Waals surface area contributed by atoms with Gasteiger partial charge in [-0.15, -0.1) is 0 Å². The van der Waals surface area contributed by atoms with Gasteiger partial charge in [0, 0.05) is 25.8 Å². The highest BCUT2D eigenvalue weighted by atomic mass is 28.4. The molecule has 1 unspecified atom stereocenters. The van der Waals surface area contributed by atoms with Crippen molar-refractivity contribution in [2.24, 2.45) is 11.5 Å². The summed E-state index contributed by atoms with van der Waals surface area (Å²) in [6, 6.07) is 2.00. The fraction of sp³-hybridized carbons (Fsp3) is 1.00. The summed E-state index contributed by atoms with van der Waals surface area (Å²) in [7, 11) is -1.98. The Labute approximate surface area is 94.6 Å². The first-order valence-corrected chi connectivity index (χ1v) is 8.10. The zero-order valence-electron chi connectivity index (χ0n) is 10.3. The van der Waals surface area contributed by atoms with Crippen molar-refractivity contribution in [3.63, 3.8) is 0 Å². The Morgan fingerprint density at radius 3 is 2.00 bits per heavy atom. The van der Waals surface area contributed by atoms with Crippen molar-refractivity contribution in [3.8, 4) is 0 Å². The second-order valence-corrected chi connectivity index (χ2v) is 7.27. The van der Waals surface area contributed by atoms with Crippen molar-refractivity contribution in [3.05, 3.63) is 0 Å². The maximum absolute atomic E-state index is 5.83. The quantitative estimate of drug-likeness (QED) is 0.588. The molecule has 4 N–H and O–H groups in total. The second kappa shape index (κ2) is 8.24. The molecule has 0 rings (SSSR count). The maximum Gasteiger partial charge on any atom is 0.337 e. The molecule has 0 aliphatic heterocycles. The van der Waals surface area contributed by atoms with Crippen LogP contribution in [0.15, 0.2) is 0 Å². The summed E-state index contributed by atoms with van der Waals surface area (Å²) in [4.78, 5) is 0. The number of nitrogens with two attached hydrogens (primary N) is 2. The molecular formula is C10H26N2O2Si. The van der Waals surface area contributed by atoms with Crippen LogP contribution in [-0.4, -0.2) is 34.4 Å². The summed E-state index contributed by atoms with van der Waals surface area (Å²) in [6.45, 7) is 8.13. The molecular weight excluding hydrogens is 208 g/mol. The summed E-state index contributed by atoms with van der Waals surface area (Å²) in [5.74, 6) is 0. The molecule has 0 saturated heterocycles. The monoisotopic (exact) mass is 234 g/mol. The largest absolute Gasteiger partial charge is 0.394 e. The first-order chi connectivity index (χ1) is 7.14. The van der Waals surface area contributed by atoms with Crippen molar-refractivity contribution in [1.82, 2.24) is 0 Å². The molecule has 15 heavy (non-hydrogen) atoms. The zero-order valence-corrected chi connectivity index (χ0v) is 11.3. The molecule has 0 saturated carbocycles. The van der Waals surface area contributed by atoms with Gasteiger partial charge in [0.15, 0.2) is 0 Å². The minimum Gasteiger partial charge on any atom is -0.394 e. The molecule has 1 atom stereocenters. The average Bonchev–Trinajstić information content (AvgIpc) is 2.26. The van der Waals surface area contributed by atoms with E-state index < -0.39 is 8.56 Å². The highest BCUT2D eigenvalue weighted by molar-refractivity contribution is 6.67. The molecule has 0 fully saturated rings. The lowest BCUT2D eigenvalue weighted by Crippen LogP contribution is -2.43. The molecule has 0 bridgehead atoms. The standard InChI is InChI=1S/C10H26N2O2Si/c1-4-13-15(6-3,14-5-2)8-7-10(12)9-11/h10H,4-9,11-12H2,1-3H3. The van der Waals surface area contributed by atoms with Gasteiger partial charge in [-0.05, 0) is 32.4 Å². The Bertz CT molecular complexity index is 152. The molecule has 0 aromatic heterocycles. The summed E-state index contributed by atoms with van der Waals surface area (Å²) in [5.41, 5.74) is 11.3. The van der Waals surface area contributed by atoms with Crippen LogP contribution in [0.25, 0.3) is 0 Å². The van der Waals surface area contributed by atoms with Gasteiger partial charge in [-0.1, -0.05) is 6.92 Å². The van der Waals surface area contributed by atoms with E-state index in [0.717, 1.165) is 31.7 Å². The van der Waals surface area contributed by atoms with Crippen LogP contribution < -0.4 is 11.5 Å². The lowest BCUT2D eigenvalue weighted by molar-refractivity contribution is 0.182. The molecule has 4 nitrogen and oxygen atoms in total. The zero-order chi connectivity index (χ0) is 11.7. The van der Waals surface area contributed by atoms with Crippen molar-refractivity contribution < 1.29 is 8.85 Å². The Kier molecular flexibility index (Phi) is 8.27. The number of hydrogen-bond donors (Lipinski definition) is 2. The molecule has 0 aliphatic carbocycles. The second-order valence-electron chi connectivity index (χ2n) is 3.66. The third kappa shape index (κ3) is 5.63. The normalized spacial score (nSPS) is 14.2. The summed E-state index contributed by atoms with van der Waals surface area (Å²) < 4.78 is 11.7. The van der Waals surface area contributed by atoms with Gasteiger partial charge in [-0.3, -0.25) is 0 Å². The Balaban J connectivity index is 4.19. The van der Waals surface area contributed by atoms with E-state index in [2.05, 4.69) is 6.92 Å². The van der Waals surface area contributed by atoms with Gasteiger partial charge in [0.05, 0.1) is 0 Å². The fourth-order valence-electron chi connectivity index (χ4n) is 1.62. The van der Waals surface area contributed by atoms with E-state index in [4.69, 9.17) is 20.3 Å². The lowest BCUT2D eigenvalue weighted by Gasteiger charge is -2.29. The third-order valence-electron chi connectivity index (χ3n) is 2.55. The van der Waals surface area contributed by atoms with E-state index in [0.29, 0.717) is 6.54 Å². The molecule has 0 aromatic carbocycles. The molecule has 92 valence electrons. The topological polar surface area (TPSA) is 70.5 Å². The van der Waals surface area contributed by atoms with E-state index in [1.165, 1.54) is 0 Å². The molecule has 0 amide bonds. The van der Waals surface area contributed by atoms with Gasteiger partial charge < -0.3 is 20.3 Å². The van der Waals surface area contributed by atoms with Gasteiger partial charge in [0.2, 0.25) is 0 Å². The minimum atomic E-state index is -1.98. The first-order valence-electron chi connectivity index (χ1n) is 5.87. The SMILES string of the molecule is CCO[Si](CC)(CCC(N)CN)OCC. The Morgan fingerprint density at radius 2 is 1.67 bits per heavy atom. The van der Waals surface area contributed by atoms with Crippen LogP contribution >= 0.6 is 0 Å². The first kappa shape index (κ1) is 15.1. The van der Waals surface area contributed by atoms with Crippen LogP contribution in [-0.2, 0) is 8.85 Å². The molecule has 0 heterocycles. The van der Waals surface area contributed by atoms with Gasteiger partial charge in [0.1, 0.15) is 0 Å². The van der Waals surface area contributed by atoms with E-state index in [1.807, 2.05) is 13.8 Å². The van der Waals surface area contributed by atoms with E-state index >= 15 is 0 Å². The van der Waals surface area contributed by atoms with Crippen LogP contribution in [0.1, 0.15) is 27.2 Å². The highest BCUT2D eigenvalue weighted by Crippen LogP contribution is 2.21. The van der Waals surface area contributed by atoms with Gasteiger partial charge in [-0.2, -0.15) is 0 Å². The fourth-order valence-corrected chi connectivity index (χ4v) is 4.61. The average molecular weight is 234 g/mol. The third-order valence-corrected chi connectivity index (χ3v) is 6.31. The summed E-state index contributed by atoms with van der Waals surface area (Å²) >= 11 is 0. The predicted molar refractivity (Wildman–Crippen MR) is 65.9 cm³/mol. The van der Waals surface area contributed by atoms with Crippen LogP contribution in [0, 0.1) is 0 Å². The van der Waals surface area contributed by atoms with Gasteiger partial charge in [-0.25, -0.2) is 0 Å². The Morgan fingerprint density at radius 1 is 1.13 bits per heavy atom. The maximum atomic E-state index is 5.83. The molecule has 0 spiro atoms.